The van der Waals surface area contributed by atoms with Gasteiger partial charge in [0.05, 0.1) is 52.3 Å². The fourth-order valence-corrected chi connectivity index (χ4v) is 3.87. The summed E-state index contributed by atoms with van der Waals surface area (Å²) >= 11 is 0. The lowest BCUT2D eigenvalue weighted by Gasteiger charge is -2.23. The second kappa shape index (κ2) is 10.9. The van der Waals surface area contributed by atoms with Gasteiger partial charge in [-0.25, -0.2) is 0 Å². The number of benzene rings is 3. The van der Waals surface area contributed by atoms with E-state index in [1.165, 1.54) is 20.3 Å². The van der Waals surface area contributed by atoms with Crippen LogP contribution in [-0.2, 0) is 4.74 Å². The van der Waals surface area contributed by atoms with Gasteiger partial charge in [-0.15, -0.1) is 0 Å². The number of nitrogens with zero attached hydrogens (tertiary/aromatic N) is 2. The maximum Gasteiger partial charge on any atom is 0.170 e. The molecule has 0 bridgehead atoms. The van der Waals surface area contributed by atoms with E-state index in [2.05, 4.69) is 5.10 Å². The van der Waals surface area contributed by atoms with Crippen molar-refractivity contribution in [3.63, 3.8) is 0 Å². The van der Waals surface area contributed by atoms with E-state index in [9.17, 15) is 15.3 Å². The van der Waals surface area contributed by atoms with E-state index < -0.39 is 0 Å². The summed E-state index contributed by atoms with van der Waals surface area (Å²) in [5.41, 5.74) is 2.20. The molecule has 0 saturated carbocycles. The third-order valence-electron chi connectivity index (χ3n) is 5.61. The zero-order valence-corrected chi connectivity index (χ0v) is 19.6. The standard InChI is InChI=1S/C26H28N2O7/c1-32-23-16-20(17-3-6-19(29)7-4-17)26(33-2)25(31)24(23)18-5-8-22(21(30)15-18)35-12-9-27-28-10-13-34-14-11-28/h3-9,15-16,29-31H,10-14H2,1-2H3. The average molecular weight is 481 g/mol. The first-order valence-corrected chi connectivity index (χ1v) is 11.1. The number of ether oxygens (including phenoxy) is 4. The van der Waals surface area contributed by atoms with Crippen LogP contribution in [0.2, 0.25) is 0 Å². The maximum absolute atomic E-state index is 11.1. The summed E-state index contributed by atoms with van der Waals surface area (Å²) in [6.45, 7) is 2.95. The summed E-state index contributed by atoms with van der Waals surface area (Å²) in [7, 11) is 2.96. The number of hydrogen-bond donors (Lipinski definition) is 3. The third-order valence-corrected chi connectivity index (χ3v) is 5.61. The minimum absolute atomic E-state index is 0.0923. The van der Waals surface area contributed by atoms with Gasteiger partial charge in [0.1, 0.15) is 18.1 Å². The molecule has 0 spiro atoms. The minimum Gasteiger partial charge on any atom is -0.508 e. The van der Waals surface area contributed by atoms with Crippen LogP contribution in [0.15, 0.2) is 53.6 Å². The molecule has 1 aliphatic heterocycles. The Hall–Kier alpha value is -4.11. The molecular formula is C26H28N2O7. The number of hydrazone groups is 1. The van der Waals surface area contributed by atoms with Crippen molar-refractivity contribution in [3.8, 4) is 56.8 Å². The molecule has 9 heteroatoms. The highest BCUT2D eigenvalue weighted by molar-refractivity contribution is 5.88. The van der Waals surface area contributed by atoms with Crippen molar-refractivity contribution in [2.24, 2.45) is 5.10 Å². The van der Waals surface area contributed by atoms with E-state index in [1.54, 1.807) is 48.7 Å². The lowest BCUT2D eigenvalue weighted by molar-refractivity contribution is 0.0394. The molecule has 3 aromatic rings. The Bertz CT molecular complexity index is 1190. The summed E-state index contributed by atoms with van der Waals surface area (Å²) in [5.74, 6) is 0.813. The molecule has 9 nitrogen and oxygen atoms in total. The van der Waals surface area contributed by atoms with E-state index in [1.807, 2.05) is 5.01 Å². The molecular weight excluding hydrogens is 452 g/mol. The van der Waals surface area contributed by atoms with Crippen molar-refractivity contribution in [3.05, 3.63) is 48.5 Å². The fraction of sp³-hybridized carbons (Fsp3) is 0.269. The van der Waals surface area contributed by atoms with E-state index in [4.69, 9.17) is 18.9 Å². The highest BCUT2D eigenvalue weighted by atomic mass is 16.5. The van der Waals surface area contributed by atoms with Crippen LogP contribution in [0.4, 0.5) is 0 Å². The van der Waals surface area contributed by atoms with Gasteiger partial charge in [0.25, 0.3) is 0 Å². The van der Waals surface area contributed by atoms with E-state index in [0.29, 0.717) is 35.7 Å². The summed E-state index contributed by atoms with van der Waals surface area (Å²) in [5, 5.41) is 37.5. The Morgan fingerprint density at radius 2 is 1.63 bits per heavy atom. The van der Waals surface area contributed by atoms with Crippen molar-refractivity contribution in [2.45, 2.75) is 0 Å². The van der Waals surface area contributed by atoms with Crippen molar-refractivity contribution in [1.82, 2.24) is 5.01 Å². The van der Waals surface area contributed by atoms with Gasteiger partial charge in [-0.05, 0) is 41.5 Å². The molecule has 1 heterocycles. The van der Waals surface area contributed by atoms with E-state index >= 15 is 0 Å². The Morgan fingerprint density at radius 3 is 2.29 bits per heavy atom. The molecule has 0 unspecified atom stereocenters. The second-order valence-electron chi connectivity index (χ2n) is 7.79. The van der Waals surface area contributed by atoms with Gasteiger partial charge in [-0.2, -0.15) is 5.10 Å². The van der Waals surface area contributed by atoms with Gasteiger partial charge in [-0.1, -0.05) is 18.2 Å². The number of methoxy groups -OCH3 is 2. The van der Waals surface area contributed by atoms with Gasteiger partial charge in [-0.3, -0.25) is 5.01 Å². The van der Waals surface area contributed by atoms with Crippen LogP contribution in [-0.4, -0.2) is 73.7 Å². The van der Waals surface area contributed by atoms with Crippen molar-refractivity contribution in [1.29, 1.82) is 0 Å². The molecule has 4 rings (SSSR count). The van der Waals surface area contributed by atoms with E-state index in [-0.39, 0.29) is 35.4 Å². The number of phenols is 3. The van der Waals surface area contributed by atoms with Crippen LogP contribution >= 0.6 is 0 Å². The highest BCUT2D eigenvalue weighted by Crippen LogP contribution is 2.50. The Morgan fingerprint density at radius 1 is 0.914 bits per heavy atom. The number of aromatic hydroxyl groups is 3. The number of phenolic OH excluding ortho intramolecular Hbond substituents is 3. The lowest BCUT2D eigenvalue weighted by atomic mass is 9.96. The van der Waals surface area contributed by atoms with Crippen LogP contribution in [0.1, 0.15) is 0 Å². The molecule has 0 amide bonds. The quantitative estimate of drug-likeness (QED) is 0.417. The van der Waals surface area contributed by atoms with Gasteiger partial charge < -0.3 is 34.3 Å². The monoisotopic (exact) mass is 480 g/mol. The smallest absolute Gasteiger partial charge is 0.170 e. The number of rotatable bonds is 8. The normalized spacial score (nSPS) is 13.7. The maximum atomic E-state index is 11.1. The first-order chi connectivity index (χ1) is 17.0. The minimum atomic E-state index is -0.138. The molecule has 1 saturated heterocycles. The summed E-state index contributed by atoms with van der Waals surface area (Å²) < 4.78 is 22.0. The van der Waals surface area contributed by atoms with Crippen molar-refractivity contribution >= 4 is 6.21 Å². The molecule has 0 atom stereocenters. The van der Waals surface area contributed by atoms with Crippen molar-refractivity contribution in [2.75, 3.05) is 47.1 Å². The SMILES string of the molecule is COc1cc(-c2ccc(O)cc2)c(OC)c(O)c1-c1ccc(OCC=NN2CCOCC2)c(O)c1. The predicted octanol–water partition coefficient (Wildman–Crippen LogP) is 3.85. The van der Waals surface area contributed by atoms with Crippen molar-refractivity contribution < 1.29 is 34.3 Å². The molecule has 184 valence electrons. The van der Waals surface area contributed by atoms with Crippen LogP contribution in [0.3, 0.4) is 0 Å². The largest absolute Gasteiger partial charge is 0.508 e. The van der Waals surface area contributed by atoms with Gasteiger partial charge in [0.2, 0.25) is 0 Å². The summed E-state index contributed by atoms with van der Waals surface area (Å²) in [6.07, 6.45) is 1.64. The molecule has 3 aromatic carbocycles. The summed E-state index contributed by atoms with van der Waals surface area (Å²) in [4.78, 5) is 0. The molecule has 0 radical (unpaired) electrons. The average Bonchev–Trinajstić information content (AvgIpc) is 2.88. The van der Waals surface area contributed by atoms with Gasteiger partial charge in [0.15, 0.2) is 23.0 Å². The second-order valence-corrected chi connectivity index (χ2v) is 7.79. The number of morpholine rings is 1. The Balaban J connectivity index is 1.59. The molecule has 1 fully saturated rings. The van der Waals surface area contributed by atoms with Crippen LogP contribution in [0.5, 0.6) is 34.5 Å². The zero-order valence-electron chi connectivity index (χ0n) is 19.6. The van der Waals surface area contributed by atoms with Crippen LogP contribution in [0.25, 0.3) is 22.3 Å². The van der Waals surface area contributed by atoms with Crippen LogP contribution < -0.4 is 14.2 Å². The number of hydrogen-bond acceptors (Lipinski definition) is 9. The highest BCUT2D eigenvalue weighted by Gasteiger charge is 2.22. The van der Waals surface area contributed by atoms with Gasteiger partial charge in [0, 0.05) is 5.56 Å². The first kappa shape index (κ1) is 24.0. The molecule has 0 aliphatic carbocycles. The van der Waals surface area contributed by atoms with Crippen LogP contribution in [0, 0.1) is 0 Å². The zero-order chi connectivity index (χ0) is 24.8. The lowest BCUT2D eigenvalue weighted by Crippen LogP contribution is -2.32. The first-order valence-electron chi connectivity index (χ1n) is 11.1. The molecule has 1 aliphatic rings. The topological polar surface area (TPSA) is 113 Å². The van der Waals surface area contributed by atoms with Gasteiger partial charge >= 0.3 is 0 Å². The predicted molar refractivity (Wildman–Crippen MR) is 132 cm³/mol. The summed E-state index contributed by atoms with van der Waals surface area (Å²) in [6, 6.07) is 13.1. The molecule has 3 N–H and O–H groups in total. The molecule has 35 heavy (non-hydrogen) atoms. The van der Waals surface area contributed by atoms with E-state index in [0.717, 1.165) is 18.7 Å². The Labute approximate surface area is 203 Å². The molecule has 0 aromatic heterocycles. The fourth-order valence-electron chi connectivity index (χ4n) is 3.87. The Kier molecular flexibility index (Phi) is 7.47. The third kappa shape index (κ3) is 5.36.